The SMILES string of the molecule is Cn1ncc(N)c1-c1ccc2cc[nH]c2c1. The lowest BCUT2D eigenvalue weighted by Crippen LogP contribution is -1.95. The summed E-state index contributed by atoms with van der Waals surface area (Å²) in [6, 6.07) is 8.27. The number of rotatable bonds is 1. The molecular weight excluding hydrogens is 200 g/mol. The second kappa shape index (κ2) is 3.13. The minimum Gasteiger partial charge on any atom is -0.396 e. The molecule has 2 heterocycles. The van der Waals surface area contributed by atoms with Crippen molar-refractivity contribution in [3.05, 3.63) is 36.7 Å². The molecule has 80 valence electrons. The van der Waals surface area contributed by atoms with Gasteiger partial charge in [-0.2, -0.15) is 5.10 Å². The number of hydrogen-bond donors (Lipinski definition) is 2. The minimum absolute atomic E-state index is 0.702. The molecular formula is C12H12N4. The van der Waals surface area contributed by atoms with E-state index in [1.807, 2.05) is 19.3 Å². The van der Waals surface area contributed by atoms with E-state index in [0.29, 0.717) is 5.69 Å². The summed E-state index contributed by atoms with van der Waals surface area (Å²) >= 11 is 0. The van der Waals surface area contributed by atoms with Crippen molar-refractivity contribution in [2.45, 2.75) is 0 Å². The van der Waals surface area contributed by atoms with E-state index in [1.54, 1.807) is 10.9 Å². The molecule has 0 spiro atoms. The van der Waals surface area contributed by atoms with Gasteiger partial charge in [-0.15, -0.1) is 0 Å². The number of nitrogen functional groups attached to an aromatic ring is 1. The van der Waals surface area contributed by atoms with Crippen LogP contribution in [0, 0.1) is 0 Å². The fourth-order valence-corrected chi connectivity index (χ4v) is 2.00. The molecule has 3 aromatic rings. The molecule has 1 aromatic carbocycles. The molecule has 0 amide bonds. The first-order valence-corrected chi connectivity index (χ1v) is 5.11. The smallest absolute Gasteiger partial charge is 0.0909 e. The molecule has 3 N–H and O–H groups in total. The number of benzene rings is 1. The topological polar surface area (TPSA) is 59.6 Å². The summed E-state index contributed by atoms with van der Waals surface area (Å²) in [7, 11) is 1.89. The van der Waals surface area contributed by atoms with Gasteiger partial charge < -0.3 is 10.7 Å². The zero-order valence-corrected chi connectivity index (χ0v) is 8.94. The Bertz CT molecular complexity index is 628. The highest BCUT2D eigenvalue weighted by atomic mass is 15.3. The third-order valence-corrected chi connectivity index (χ3v) is 2.80. The summed E-state index contributed by atoms with van der Waals surface area (Å²) in [5.74, 6) is 0. The number of aromatic nitrogens is 3. The average Bonchev–Trinajstić information content (AvgIpc) is 2.85. The van der Waals surface area contributed by atoms with Gasteiger partial charge in [0.05, 0.1) is 17.6 Å². The number of nitrogens with one attached hydrogen (secondary N) is 1. The summed E-state index contributed by atoms with van der Waals surface area (Å²) in [5, 5.41) is 5.34. The maximum Gasteiger partial charge on any atom is 0.0909 e. The summed E-state index contributed by atoms with van der Waals surface area (Å²) in [5.41, 5.74) is 9.74. The lowest BCUT2D eigenvalue weighted by molar-refractivity contribution is 0.776. The average molecular weight is 212 g/mol. The molecule has 2 aromatic heterocycles. The second-order valence-electron chi connectivity index (χ2n) is 3.85. The van der Waals surface area contributed by atoms with Gasteiger partial charge in [0.25, 0.3) is 0 Å². The largest absolute Gasteiger partial charge is 0.396 e. The number of anilines is 1. The first-order valence-electron chi connectivity index (χ1n) is 5.11. The second-order valence-corrected chi connectivity index (χ2v) is 3.85. The van der Waals surface area contributed by atoms with E-state index in [0.717, 1.165) is 16.8 Å². The number of hydrogen-bond acceptors (Lipinski definition) is 2. The van der Waals surface area contributed by atoms with Crippen LogP contribution < -0.4 is 5.73 Å². The Balaban J connectivity index is 2.25. The van der Waals surface area contributed by atoms with Gasteiger partial charge in [0.2, 0.25) is 0 Å². The number of aryl methyl sites for hydroxylation is 1. The van der Waals surface area contributed by atoms with Crippen LogP contribution in [0.15, 0.2) is 36.7 Å². The van der Waals surface area contributed by atoms with E-state index in [2.05, 4.69) is 28.3 Å². The van der Waals surface area contributed by atoms with Crippen LogP contribution >= 0.6 is 0 Å². The van der Waals surface area contributed by atoms with E-state index in [9.17, 15) is 0 Å². The van der Waals surface area contributed by atoms with Crippen molar-refractivity contribution in [1.82, 2.24) is 14.8 Å². The quantitative estimate of drug-likeness (QED) is 0.649. The lowest BCUT2D eigenvalue weighted by Gasteiger charge is -2.03. The molecule has 0 atom stereocenters. The molecule has 0 aliphatic heterocycles. The van der Waals surface area contributed by atoms with Gasteiger partial charge in [-0.1, -0.05) is 12.1 Å². The molecule has 0 aliphatic rings. The van der Waals surface area contributed by atoms with Crippen molar-refractivity contribution in [1.29, 1.82) is 0 Å². The predicted molar refractivity (Wildman–Crippen MR) is 64.9 cm³/mol. The highest BCUT2D eigenvalue weighted by Gasteiger charge is 2.08. The van der Waals surface area contributed by atoms with Gasteiger partial charge in [-0.05, 0) is 17.5 Å². The molecule has 4 heteroatoms. The van der Waals surface area contributed by atoms with Gasteiger partial charge in [-0.25, -0.2) is 0 Å². The molecule has 16 heavy (non-hydrogen) atoms. The highest BCUT2D eigenvalue weighted by Crippen LogP contribution is 2.27. The van der Waals surface area contributed by atoms with Crippen molar-refractivity contribution in [2.24, 2.45) is 7.05 Å². The Kier molecular flexibility index (Phi) is 1.77. The number of aromatic amines is 1. The highest BCUT2D eigenvalue weighted by molar-refractivity contribution is 5.86. The maximum absolute atomic E-state index is 5.90. The van der Waals surface area contributed by atoms with Crippen molar-refractivity contribution < 1.29 is 0 Å². The summed E-state index contributed by atoms with van der Waals surface area (Å²) in [6.07, 6.45) is 3.61. The Morgan fingerprint density at radius 2 is 2.19 bits per heavy atom. The molecule has 0 saturated carbocycles. The minimum atomic E-state index is 0.702. The van der Waals surface area contributed by atoms with Crippen LogP contribution in [-0.2, 0) is 7.05 Å². The molecule has 3 rings (SSSR count). The van der Waals surface area contributed by atoms with E-state index in [4.69, 9.17) is 5.73 Å². The van der Waals surface area contributed by atoms with Crippen LogP contribution in [0.1, 0.15) is 0 Å². The van der Waals surface area contributed by atoms with Crippen molar-refractivity contribution in [3.63, 3.8) is 0 Å². The molecule has 0 radical (unpaired) electrons. The van der Waals surface area contributed by atoms with Crippen molar-refractivity contribution >= 4 is 16.6 Å². The third kappa shape index (κ3) is 1.20. The van der Waals surface area contributed by atoms with Crippen LogP contribution in [0.5, 0.6) is 0 Å². The Hall–Kier alpha value is -2.23. The molecule has 0 unspecified atom stereocenters. The first kappa shape index (κ1) is 9.03. The summed E-state index contributed by atoms with van der Waals surface area (Å²) in [6.45, 7) is 0. The van der Waals surface area contributed by atoms with Crippen molar-refractivity contribution in [2.75, 3.05) is 5.73 Å². The fraction of sp³-hybridized carbons (Fsp3) is 0.0833. The predicted octanol–water partition coefficient (Wildman–Crippen LogP) is 2.15. The molecule has 4 nitrogen and oxygen atoms in total. The zero-order valence-electron chi connectivity index (χ0n) is 8.94. The monoisotopic (exact) mass is 212 g/mol. The van der Waals surface area contributed by atoms with E-state index < -0.39 is 0 Å². The van der Waals surface area contributed by atoms with Gasteiger partial charge in [0, 0.05) is 24.3 Å². The number of nitrogens with zero attached hydrogens (tertiary/aromatic N) is 2. The zero-order chi connectivity index (χ0) is 11.1. The normalized spacial score (nSPS) is 11.1. The number of H-pyrrole nitrogens is 1. The molecule has 0 aliphatic carbocycles. The Morgan fingerprint density at radius 1 is 1.31 bits per heavy atom. The van der Waals surface area contributed by atoms with E-state index >= 15 is 0 Å². The third-order valence-electron chi connectivity index (χ3n) is 2.80. The first-order chi connectivity index (χ1) is 7.75. The van der Waals surface area contributed by atoms with Crippen LogP contribution in [0.4, 0.5) is 5.69 Å². The van der Waals surface area contributed by atoms with Crippen LogP contribution in [0.3, 0.4) is 0 Å². The van der Waals surface area contributed by atoms with Gasteiger partial charge >= 0.3 is 0 Å². The molecule has 0 saturated heterocycles. The van der Waals surface area contributed by atoms with Crippen LogP contribution in [0.25, 0.3) is 22.2 Å². The van der Waals surface area contributed by atoms with Crippen LogP contribution in [0.2, 0.25) is 0 Å². The maximum atomic E-state index is 5.90. The standard InChI is InChI=1S/C12H12N4/c1-16-12(10(13)7-15-16)9-3-2-8-4-5-14-11(8)6-9/h2-7,14H,13H2,1H3. The van der Waals surface area contributed by atoms with Gasteiger partial charge in [-0.3, -0.25) is 4.68 Å². The fourth-order valence-electron chi connectivity index (χ4n) is 2.00. The number of nitrogens with two attached hydrogens (primary N) is 1. The lowest BCUT2D eigenvalue weighted by atomic mass is 10.1. The number of fused-ring (bicyclic) bond motifs is 1. The summed E-state index contributed by atoms with van der Waals surface area (Å²) in [4.78, 5) is 3.19. The molecule has 0 bridgehead atoms. The van der Waals surface area contributed by atoms with Crippen molar-refractivity contribution in [3.8, 4) is 11.3 Å². The van der Waals surface area contributed by atoms with E-state index in [-0.39, 0.29) is 0 Å². The van der Waals surface area contributed by atoms with Crippen LogP contribution in [-0.4, -0.2) is 14.8 Å². The Labute approximate surface area is 92.7 Å². The summed E-state index contributed by atoms with van der Waals surface area (Å²) < 4.78 is 1.79. The van der Waals surface area contributed by atoms with E-state index in [1.165, 1.54) is 5.39 Å². The Morgan fingerprint density at radius 3 is 2.94 bits per heavy atom. The molecule has 0 fully saturated rings. The van der Waals surface area contributed by atoms with Gasteiger partial charge in [0.15, 0.2) is 0 Å². The van der Waals surface area contributed by atoms with Gasteiger partial charge in [0.1, 0.15) is 0 Å².